The molecule has 250 valence electrons. The van der Waals surface area contributed by atoms with Crippen molar-refractivity contribution in [2.45, 2.75) is 92.9 Å². The molecule has 47 heavy (non-hydrogen) atoms. The van der Waals surface area contributed by atoms with Gasteiger partial charge in [0.1, 0.15) is 0 Å². The standard InChI is InChI=1S/C28H36N2.2C8H9.Ni/c1-7-10-22-17-25(18-23(11-8-2)26(22)12-9-3)28-14-13-27(30(28)29)24-15-19(4)21(6)20(5)16-24;2*1-2-8-6-4-3-5-7-8;/h13-18H,7-12H2,1-6H3;2*3-7H,1-2H2;/q;2*-1;+2. The van der Waals surface area contributed by atoms with Crippen molar-refractivity contribution in [2.24, 2.45) is 0 Å². The topological polar surface area (TPSA) is 25.3 Å². The zero-order valence-corrected chi connectivity index (χ0v) is 30.5. The molecular formula is C44H54N2Ni. The second-order valence-corrected chi connectivity index (χ2v) is 12.1. The summed E-state index contributed by atoms with van der Waals surface area (Å²) in [5.74, 6) is 0. The summed E-state index contributed by atoms with van der Waals surface area (Å²) in [5, 5.41) is 0. The number of nitrogens with zero attached hydrogens (tertiary/aromatic N) is 2. The predicted molar refractivity (Wildman–Crippen MR) is 200 cm³/mol. The van der Waals surface area contributed by atoms with Crippen LogP contribution in [0.2, 0.25) is 0 Å². The molecule has 1 heterocycles. The smallest absolute Gasteiger partial charge is 0.493 e. The monoisotopic (exact) mass is 668 g/mol. The summed E-state index contributed by atoms with van der Waals surface area (Å²) in [5.41, 5.74) is 25.9. The maximum absolute atomic E-state index is 11.1. The molecule has 4 aromatic carbocycles. The Morgan fingerprint density at radius 2 is 0.957 bits per heavy atom. The van der Waals surface area contributed by atoms with Gasteiger partial charge in [-0.25, -0.2) is 4.70 Å². The Bertz CT molecular complexity index is 1520. The molecule has 0 atom stereocenters. The molecule has 0 saturated heterocycles. The fourth-order valence-corrected chi connectivity index (χ4v) is 5.84. The Hall–Kier alpha value is -3.55. The van der Waals surface area contributed by atoms with Crippen LogP contribution in [0.3, 0.4) is 0 Å². The molecule has 5 rings (SSSR count). The summed E-state index contributed by atoms with van der Waals surface area (Å²) in [4.78, 5) is 0. The van der Waals surface area contributed by atoms with E-state index < -0.39 is 0 Å². The first-order valence-electron chi connectivity index (χ1n) is 17.1. The maximum Gasteiger partial charge on any atom is 2.00 e. The maximum atomic E-state index is 11.1. The van der Waals surface area contributed by atoms with Gasteiger partial charge < -0.3 is 19.4 Å². The van der Waals surface area contributed by atoms with Crippen molar-refractivity contribution in [2.75, 3.05) is 0 Å². The minimum atomic E-state index is 0. The molecular weight excluding hydrogens is 615 g/mol. The summed E-state index contributed by atoms with van der Waals surface area (Å²) in [6.07, 6.45) is 12.6. The van der Waals surface area contributed by atoms with E-state index in [4.69, 9.17) is 0 Å². The van der Waals surface area contributed by atoms with E-state index in [9.17, 15) is 5.53 Å². The van der Waals surface area contributed by atoms with Gasteiger partial charge in [0.15, 0.2) is 0 Å². The van der Waals surface area contributed by atoms with Gasteiger partial charge in [0.25, 0.3) is 0 Å². The van der Waals surface area contributed by atoms with E-state index in [-0.39, 0.29) is 16.5 Å². The number of aryl methyl sites for hydroxylation is 4. The first-order valence-corrected chi connectivity index (χ1v) is 17.1. The van der Waals surface area contributed by atoms with Crippen LogP contribution in [-0.2, 0) is 48.6 Å². The Labute approximate surface area is 296 Å². The van der Waals surface area contributed by atoms with Crippen molar-refractivity contribution in [3.8, 4) is 0 Å². The number of benzene rings is 4. The van der Waals surface area contributed by atoms with E-state index in [2.05, 4.69) is 110 Å². The summed E-state index contributed by atoms with van der Waals surface area (Å²) >= 11 is 0. The SMILES string of the molecule is CCCc1cc(C2=CC=C(c3cc(C)c(C)c(C)c3)[N+]2=[N-])cc(CCC)c1CCC.[CH2-]Cc1ccccc1.[CH2-]Cc1ccccc1.[Ni+2]. The van der Waals surface area contributed by atoms with Crippen molar-refractivity contribution < 1.29 is 21.2 Å². The van der Waals surface area contributed by atoms with Gasteiger partial charge >= 0.3 is 16.5 Å². The van der Waals surface area contributed by atoms with E-state index in [1.807, 2.05) is 42.5 Å². The summed E-state index contributed by atoms with van der Waals surface area (Å²) in [6.45, 7) is 20.7. The van der Waals surface area contributed by atoms with E-state index in [0.29, 0.717) is 0 Å². The molecule has 0 radical (unpaired) electrons. The van der Waals surface area contributed by atoms with Crippen molar-refractivity contribution >= 4 is 11.4 Å². The first kappa shape index (κ1) is 39.6. The fraction of sp³-hybridized carbons (Fsp3) is 0.318. The van der Waals surface area contributed by atoms with Crippen molar-refractivity contribution in [1.29, 1.82) is 0 Å². The molecule has 0 bridgehead atoms. The van der Waals surface area contributed by atoms with Crippen LogP contribution >= 0.6 is 0 Å². The fourth-order valence-electron chi connectivity index (χ4n) is 5.84. The summed E-state index contributed by atoms with van der Waals surface area (Å²) in [7, 11) is 0. The number of rotatable bonds is 10. The molecule has 0 aliphatic carbocycles. The molecule has 0 unspecified atom stereocenters. The summed E-state index contributed by atoms with van der Waals surface area (Å²) in [6, 6.07) is 29.4. The van der Waals surface area contributed by atoms with Crippen LogP contribution < -0.4 is 0 Å². The number of allylic oxidation sites excluding steroid dienone is 2. The Kier molecular flexibility index (Phi) is 17.4. The van der Waals surface area contributed by atoms with Crippen LogP contribution in [0.15, 0.2) is 97.1 Å². The van der Waals surface area contributed by atoms with Crippen LogP contribution in [0, 0.1) is 34.6 Å². The zero-order valence-electron chi connectivity index (χ0n) is 29.5. The Morgan fingerprint density at radius 1 is 0.574 bits per heavy atom. The molecule has 0 saturated carbocycles. The molecule has 3 heteroatoms. The third-order valence-corrected chi connectivity index (χ3v) is 8.61. The van der Waals surface area contributed by atoms with Gasteiger partial charge in [0.2, 0.25) is 11.4 Å². The molecule has 4 aromatic rings. The molecule has 1 aliphatic heterocycles. The average Bonchev–Trinajstić information content (AvgIpc) is 3.47. The van der Waals surface area contributed by atoms with Crippen LogP contribution in [0.4, 0.5) is 0 Å². The second-order valence-electron chi connectivity index (χ2n) is 12.1. The van der Waals surface area contributed by atoms with Gasteiger partial charge in [0, 0.05) is 23.3 Å². The van der Waals surface area contributed by atoms with Crippen molar-refractivity contribution in [3.05, 3.63) is 172 Å². The normalized spacial score (nSPS) is 11.8. The molecule has 0 fully saturated rings. The predicted octanol–water partition coefficient (Wildman–Crippen LogP) is 12.0. The van der Waals surface area contributed by atoms with E-state index in [0.717, 1.165) is 67.5 Å². The van der Waals surface area contributed by atoms with Crippen LogP contribution in [0.1, 0.15) is 95.7 Å². The third-order valence-electron chi connectivity index (χ3n) is 8.61. The van der Waals surface area contributed by atoms with Crippen LogP contribution in [0.5, 0.6) is 0 Å². The Morgan fingerprint density at radius 3 is 1.30 bits per heavy atom. The van der Waals surface area contributed by atoms with Gasteiger partial charge in [-0.3, -0.25) is 0 Å². The average molecular weight is 670 g/mol. The van der Waals surface area contributed by atoms with E-state index >= 15 is 0 Å². The van der Waals surface area contributed by atoms with E-state index in [1.165, 1.54) is 55.6 Å². The molecule has 1 aliphatic rings. The number of hydrogen-bond acceptors (Lipinski definition) is 0. The zero-order chi connectivity index (χ0) is 33.5. The minimum Gasteiger partial charge on any atom is -0.493 e. The first-order chi connectivity index (χ1) is 22.3. The molecule has 0 amide bonds. The van der Waals surface area contributed by atoms with E-state index in [1.54, 1.807) is 0 Å². The van der Waals surface area contributed by atoms with Gasteiger partial charge in [-0.05, 0) is 97.7 Å². The molecule has 2 nitrogen and oxygen atoms in total. The Balaban J connectivity index is 0.000000367. The largest absolute Gasteiger partial charge is 2.00 e. The number of hydrogen-bond donors (Lipinski definition) is 0. The van der Waals surface area contributed by atoms with Gasteiger partial charge in [-0.1, -0.05) is 112 Å². The van der Waals surface area contributed by atoms with Gasteiger partial charge in [-0.15, -0.1) is 0 Å². The molecule has 0 aromatic heterocycles. The van der Waals surface area contributed by atoms with Gasteiger partial charge in [-0.2, -0.15) is 12.8 Å². The van der Waals surface area contributed by atoms with Crippen molar-refractivity contribution in [1.82, 2.24) is 0 Å². The summed E-state index contributed by atoms with van der Waals surface area (Å²) < 4.78 is 1.38. The van der Waals surface area contributed by atoms with Gasteiger partial charge in [0.05, 0.1) is 0 Å². The van der Waals surface area contributed by atoms with Crippen molar-refractivity contribution in [3.63, 3.8) is 0 Å². The molecule has 0 spiro atoms. The third kappa shape index (κ3) is 11.3. The van der Waals surface area contributed by atoms with Crippen LogP contribution in [-0.4, -0.2) is 4.70 Å². The van der Waals surface area contributed by atoms with Crippen LogP contribution in [0.25, 0.3) is 16.9 Å². The quantitative estimate of drug-likeness (QED) is 0.0912. The second kappa shape index (κ2) is 20.6. The molecule has 0 N–H and O–H groups in total. The minimum absolute atomic E-state index is 0.